The van der Waals surface area contributed by atoms with E-state index in [1.54, 1.807) is 6.07 Å². The van der Waals surface area contributed by atoms with Crippen molar-refractivity contribution < 1.29 is 14.4 Å². The molecule has 1 N–H and O–H groups in total. The molecule has 0 saturated heterocycles. The second-order valence-corrected chi connectivity index (χ2v) is 8.88. The highest BCUT2D eigenvalue weighted by Gasteiger charge is 2.29. The summed E-state index contributed by atoms with van der Waals surface area (Å²) in [6, 6.07) is 12.1. The molecule has 1 aliphatic rings. The van der Waals surface area contributed by atoms with Gasteiger partial charge in [0, 0.05) is 29.1 Å². The van der Waals surface area contributed by atoms with E-state index in [0.29, 0.717) is 34.7 Å². The Balaban J connectivity index is 1.74. The van der Waals surface area contributed by atoms with Crippen LogP contribution in [0, 0.1) is 10.1 Å². The van der Waals surface area contributed by atoms with Gasteiger partial charge in [0.2, 0.25) is 17.3 Å². The Hall–Kier alpha value is -3.40. The van der Waals surface area contributed by atoms with Crippen molar-refractivity contribution in [2.75, 3.05) is 17.7 Å². The number of aromatic nitrogens is 3. The molecule has 1 atom stereocenters. The molecule has 2 aromatic carbocycles. The van der Waals surface area contributed by atoms with Gasteiger partial charge in [0.05, 0.1) is 17.1 Å². The van der Waals surface area contributed by atoms with Crippen molar-refractivity contribution in [2.45, 2.75) is 50.9 Å². The van der Waals surface area contributed by atoms with Crippen LogP contribution >= 0.6 is 11.8 Å². The number of rotatable bonds is 10. The molecule has 0 saturated carbocycles. The second-order valence-electron chi connectivity index (χ2n) is 7.82. The Morgan fingerprint density at radius 2 is 2.00 bits per heavy atom. The van der Waals surface area contributed by atoms with Gasteiger partial charge in [0.25, 0.3) is 5.69 Å². The summed E-state index contributed by atoms with van der Waals surface area (Å²) in [5.74, 6) is 1.73. The van der Waals surface area contributed by atoms with Crippen molar-refractivity contribution >= 4 is 23.1 Å². The number of benzene rings is 2. The van der Waals surface area contributed by atoms with Crippen LogP contribution in [0.5, 0.6) is 11.6 Å². The van der Waals surface area contributed by atoms with Crippen LogP contribution in [0.3, 0.4) is 0 Å². The molecule has 178 valence electrons. The molecule has 0 amide bonds. The minimum atomic E-state index is -0.774. The summed E-state index contributed by atoms with van der Waals surface area (Å²) in [5.41, 5.74) is 2.55. The van der Waals surface area contributed by atoms with Crippen molar-refractivity contribution in [2.24, 2.45) is 0 Å². The van der Waals surface area contributed by atoms with Crippen molar-refractivity contribution in [3.05, 3.63) is 58.1 Å². The van der Waals surface area contributed by atoms with Gasteiger partial charge in [0.15, 0.2) is 5.69 Å². The molecule has 1 aromatic heterocycles. The molecule has 0 spiro atoms. The number of para-hydroxylation sites is 1. The number of thioether (sulfide) groups is 1. The number of ether oxygens (including phenoxy) is 2. The first-order chi connectivity index (χ1) is 16.6. The third kappa shape index (κ3) is 5.39. The Morgan fingerprint density at radius 3 is 2.79 bits per heavy atom. The molecule has 2 heterocycles. The average molecular weight is 482 g/mol. The van der Waals surface area contributed by atoms with Crippen molar-refractivity contribution in [3.63, 3.8) is 0 Å². The Morgan fingerprint density at radius 1 is 1.15 bits per heavy atom. The number of fused-ring (bicyclic) bond motifs is 3. The first-order valence-electron chi connectivity index (χ1n) is 11.4. The van der Waals surface area contributed by atoms with Gasteiger partial charge in [-0.2, -0.15) is 4.98 Å². The topological polar surface area (TPSA) is 112 Å². The highest BCUT2D eigenvalue weighted by Crippen LogP contribution is 2.41. The van der Waals surface area contributed by atoms with Gasteiger partial charge < -0.3 is 14.8 Å². The van der Waals surface area contributed by atoms with Gasteiger partial charge in [0.1, 0.15) is 5.75 Å². The molecular weight excluding hydrogens is 454 g/mol. The van der Waals surface area contributed by atoms with E-state index < -0.39 is 11.2 Å². The van der Waals surface area contributed by atoms with E-state index in [4.69, 9.17) is 9.47 Å². The summed E-state index contributed by atoms with van der Waals surface area (Å²) in [7, 11) is 0. The van der Waals surface area contributed by atoms with Crippen LogP contribution in [0.15, 0.2) is 47.6 Å². The maximum atomic E-state index is 11.5. The van der Waals surface area contributed by atoms with Gasteiger partial charge in [-0.3, -0.25) is 10.1 Å². The predicted molar refractivity (Wildman–Crippen MR) is 131 cm³/mol. The minimum Gasteiger partial charge on any atom is -0.493 e. The number of anilines is 1. The molecule has 0 aliphatic carbocycles. The number of nitro groups is 1. The van der Waals surface area contributed by atoms with Crippen molar-refractivity contribution in [1.29, 1.82) is 0 Å². The van der Waals surface area contributed by atoms with Gasteiger partial charge in [-0.15, -0.1) is 10.2 Å². The van der Waals surface area contributed by atoms with Gasteiger partial charge >= 0.3 is 0 Å². The summed E-state index contributed by atoms with van der Waals surface area (Å²) in [6.07, 6.45) is 3.39. The number of hydrogen-bond donors (Lipinski definition) is 1. The Kier molecular flexibility index (Phi) is 7.79. The van der Waals surface area contributed by atoms with Crippen LogP contribution in [-0.4, -0.2) is 32.5 Å². The zero-order valence-corrected chi connectivity index (χ0v) is 20.0. The van der Waals surface area contributed by atoms with E-state index in [0.717, 1.165) is 42.7 Å². The molecule has 4 rings (SSSR count). The number of nitrogens with zero attached hydrogens (tertiary/aromatic N) is 4. The Bertz CT molecular complexity index is 1160. The lowest BCUT2D eigenvalue weighted by atomic mass is 10.1. The molecule has 9 nitrogen and oxygen atoms in total. The lowest BCUT2D eigenvalue weighted by Crippen LogP contribution is -2.18. The van der Waals surface area contributed by atoms with Crippen LogP contribution in [0.1, 0.15) is 51.3 Å². The minimum absolute atomic E-state index is 0.0463. The normalized spacial score (nSPS) is 14.2. The van der Waals surface area contributed by atoms with Gasteiger partial charge in [-0.05, 0) is 25.0 Å². The van der Waals surface area contributed by atoms with E-state index in [1.165, 1.54) is 23.9 Å². The van der Waals surface area contributed by atoms with E-state index in [9.17, 15) is 10.1 Å². The monoisotopic (exact) mass is 481 g/mol. The van der Waals surface area contributed by atoms with Gasteiger partial charge in [-0.1, -0.05) is 56.7 Å². The summed E-state index contributed by atoms with van der Waals surface area (Å²) in [5, 5.41) is 24.1. The summed E-state index contributed by atoms with van der Waals surface area (Å²) in [6.45, 7) is 4.64. The quantitative estimate of drug-likeness (QED) is 0.161. The number of non-ortho nitro benzene ring substituents is 1. The SMILES string of the molecule is CCCCCSc1nnc2c(n1)O[C@@H](c1cc([N+](=O)[O-])ccc1OCCC)Nc1ccccc1-2. The van der Waals surface area contributed by atoms with Gasteiger partial charge in [-0.25, -0.2) is 0 Å². The standard InChI is InChI=1S/C24H27N5O4S/c1-3-5-8-14-34-24-26-23-21(27-28-24)17-9-6-7-10-19(17)25-22(33-23)18-15-16(29(30)31)11-12-20(18)32-13-4-2/h6-7,9-12,15,22,25H,3-5,8,13-14H2,1-2H3/t22-/m0/s1. The molecule has 1 aliphatic heterocycles. The van der Waals surface area contributed by atoms with E-state index in [-0.39, 0.29) is 5.69 Å². The van der Waals surface area contributed by atoms with Crippen LogP contribution < -0.4 is 14.8 Å². The molecule has 0 radical (unpaired) electrons. The number of hydrogen-bond acceptors (Lipinski definition) is 9. The lowest BCUT2D eigenvalue weighted by Gasteiger charge is -2.21. The first kappa shape index (κ1) is 23.7. The second kappa shape index (κ2) is 11.1. The summed E-state index contributed by atoms with van der Waals surface area (Å²) < 4.78 is 12.2. The molecule has 0 unspecified atom stereocenters. The zero-order chi connectivity index (χ0) is 23.9. The molecule has 3 aromatic rings. The van der Waals surface area contributed by atoms with Crippen molar-refractivity contribution in [3.8, 4) is 22.9 Å². The smallest absolute Gasteiger partial charge is 0.270 e. The summed E-state index contributed by atoms with van der Waals surface area (Å²) in [4.78, 5) is 15.7. The number of unbranched alkanes of at least 4 members (excludes halogenated alkanes) is 2. The molecular formula is C24H27N5O4S. The fourth-order valence-corrected chi connectivity index (χ4v) is 4.34. The molecule has 10 heteroatoms. The largest absolute Gasteiger partial charge is 0.493 e. The molecule has 0 bridgehead atoms. The number of nitrogens with one attached hydrogen (secondary N) is 1. The molecule has 34 heavy (non-hydrogen) atoms. The fourth-order valence-electron chi connectivity index (χ4n) is 3.56. The highest BCUT2D eigenvalue weighted by atomic mass is 32.2. The first-order valence-corrected chi connectivity index (χ1v) is 12.4. The van der Waals surface area contributed by atoms with E-state index in [2.05, 4.69) is 27.4 Å². The third-order valence-electron chi connectivity index (χ3n) is 5.26. The fraction of sp³-hybridized carbons (Fsp3) is 0.375. The van der Waals surface area contributed by atoms with Crippen LogP contribution in [0.4, 0.5) is 11.4 Å². The van der Waals surface area contributed by atoms with E-state index in [1.807, 2.05) is 31.2 Å². The van der Waals surface area contributed by atoms with Crippen LogP contribution in [-0.2, 0) is 0 Å². The zero-order valence-electron chi connectivity index (χ0n) is 19.2. The Labute approximate surface area is 202 Å². The maximum absolute atomic E-state index is 11.5. The van der Waals surface area contributed by atoms with Crippen molar-refractivity contribution in [1.82, 2.24) is 15.2 Å². The summed E-state index contributed by atoms with van der Waals surface area (Å²) >= 11 is 1.54. The molecule has 0 fully saturated rings. The predicted octanol–water partition coefficient (Wildman–Crippen LogP) is 6.02. The number of nitro benzene ring substituents is 1. The third-order valence-corrected chi connectivity index (χ3v) is 6.18. The van der Waals surface area contributed by atoms with E-state index >= 15 is 0 Å². The average Bonchev–Trinajstić information content (AvgIpc) is 3.01. The highest BCUT2D eigenvalue weighted by molar-refractivity contribution is 7.99. The van der Waals surface area contributed by atoms with Crippen LogP contribution in [0.2, 0.25) is 0 Å². The van der Waals surface area contributed by atoms with Crippen LogP contribution in [0.25, 0.3) is 11.3 Å². The lowest BCUT2D eigenvalue weighted by molar-refractivity contribution is -0.385. The maximum Gasteiger partial charge on any atom is 0.270 e.